The van der Waals surface area contributed by atoms with Crippen molar-refractivity contribution in [1.82, 2.24) is 15.1 Å². The van der Waals surface area contributed by atoms with Crippen molar-refractivity contribution in [2.75, 3.05) is 43.8 Å². The summed E-state index contributed by atoms with van der Waals surface area (Å²) in [7, 11) is 0. The van der Waals surface area contributed by atoms with Gasteiger partial charge in [-0.1, -0.05) is 84.9 Å². The summed E-state index contributed by atoms with van der Waals surface area (Å²) in [6.07, 6.45) is 6.15. The first-order valence-electron chi connectivity index (χ1n) is 20.0. The van der Waals surface area contributed by atoms with E-state index < -0.39 is 6.29 Å². The number of amides is 2. The lowest BCUT2D eigenvalue weighted by Gasteiger charge is -2.39. The van der Waals surface area contributed by atoms with Gasteiger partial charge in [-0.3, -0.25) is 14.5 Å². The van der Waals surface area contributed by atoms with Gasteiger partial charge in [-0.2, -0.15) is 0 Å². The largest absolute Gasteiger partial charge is 0.397 e. The molecule has 55 heavy (non-hydrogen) atoms. The number of carbonyl (C=O) groups is 2. The summed E-state index contributed by atoms with van der Waals surface area (Å²) in [4.78, 5) is 30.4. The number of rotatable bonds is 15. The van der Waals surface area contributed by atoms with Gasteiger partial charge in [0, 0.05) is 50.5 Å². The second-order valence-electron chi connectivity index (χ2n) is 15.2. The SMILES string of the molecule is Nc1ccccc1NC(=O)CCCC(=O)NCc1ccccc1-c1ccc([C@@H]2O[C@H](CN3CCC[C@H]3CN3CCCC3)C[C@H](c3ccc(CO)cc3)O2)cc1. The van der Waals surface area contributed by atoms with E-state index in [1.807, 2.05) is 42.5 Å². The minimum absolute atomic E-state index is 0.0153. The van der Waals surface area contributed by atoms with E-state index >= 15 is 0 Å². The number of nitrogen functional groups attached to an aromatic ring is 1. The molecule has 4 aromatic rings. The molecule has 2 amide bonds. The molecule has 0 radical (unpaired) electrons. The number of para-hydroxylation sites is 2. The van der Waals surface area contributed by atoms with E-state index in [1.54, 1.807) is 12.1 Å². The van der Waals surface area contributed by atoms with Crippen LogP contribution in [0, 0.1) is 0 Å². The van der Waals surface area contributed by atoms with Gasteiger partial charge in [0.15, 0.2) is 6.29 Å². The molecular weight excluding hydrogens is 691 g/mol. The Hall–Kier alpha value is -4.58. The minimum Gasteiger partial charge on any atom is -0.397 e. The second-order valence-corrected chi connectivity index (χ2v) is 15.2. The Kier molecular flexibility index (Phi) is 13.3. The smallest absolute Gasteiger partial charge is 0.224 e. The number of hydrogen-bond acceptors (Lipinski definition) is 8. The molecule has 10 heteroatoms. The fourth-order valence-corrected chi connectivity index (χ4v) is 8.19. The number of nitrogens with two attached hydrogens (primary N) is 1. The van der Waals surface area contributed by atoms with Gasteiger partial charge in [0.2, 0.25) is 11.8 Å². The van der Waals surface area contributed by atoms with Gasteiger partial charge in [0.25, 0.3) is 0 Å². The summed E-state index contributed by atoms with van der Waals surface area (Å²) in [5.41, 5.74) is 13.0. The van der Waals surface area contributed by atoms with Gasteiger partial charge in [0.05, 0.1) is 30.2 Å². The van der Waals surface area contributed by atoms with Gasteiger partial charge < -0.3 is 35.8 Å². The van der Waals surface area contributed by atoms with Crippen molar-refractivity contribution >= 4 is 23.2 Å². The van der Waals surface area contributed by atoms with E-state index in [1.165, 1.54) is 38.8 Å². The van der Waals surface area contributed by atoms with Crippen molar-refractivity contribution in [2.45, 2.75) is 89.1 Å². The third-order valence-electron chi connectivity index (χ3n) is 11.2. The second kappa shape index (κ2) is 18.8. The molecule has 10 nitrogen and oxygen atoms in total. The monoisotopic (exact) mass is 745 g/mol. The van der Waals surface area contributed by atoms with Crippen molar-refractivity contribution in [3.05, 3.63) is 119 Å². The van der Waals surface area contributed by atoms with E-state index in [2.05, 4.69) is 62.9 Å². The molecule has 0 spiro atoms. The van der Waals surface area contributed by atoms with Crippen LogP contribution in [-0.2, 0) is 32.2 Å². The molecule has 0 aliphatic carbocycles. The van der Waals surface area contributed by atoms with Crippen LogP contribution in [-0.4, -0.2) is 71.6 Å². The quantitative estimate of drug-likeness (QED) is 0.0963. The maximum Gasteiger partial charge on any atom is 0.224 e. The highest BCUT2D eigenvalue weighted by Crippen LogP contribution is 2.39. The zero-order valence-corrected chi connectivity index (χ0v) is 31.7. The van der Waals surface area contributed by atoms with Crippen LogP contribution in [0.5, 0.6) is 0 Å². The number of likely N-dealkylation sites (tertiary alicyclic amines) is 2. The van der Waals surface area contributed by atoms with Gasteiger partial charge >= 0.3 is 0 Å². The normalized spacial score (nSPS) is 21.8. The molecule has 0 unspecified atom stereocenters. The summed E-state index contributed by atoms with van der Waals surface area (Å²) in [5.74, 6) is -0.269. The van der Waals surface area contributed by atoms with E-state index in [-0.39, 0.29) is 43.5 Å². The third-order valence-corrected chi connectivity index (χ3v) is 11.2. The van der Waals surface area contributed by atoms with Crippen LogP contribution in [0.3, 0.4) is 0 Å². The zero-order chi connectivity index (χ0) is 38.0. The van der Waals surface area contributed by atoms with Crippen LogP contribution >= 0.6 is 0 Å². The Morgan fingerprint density at radius 3 is 2.29 bits per heavy atom. The van der Waals surface area contributed by atoms with Gasteiger partial charge in [-0.25, -0.2) is 0 Å². The van der Waals surface area contributed by atoms with Gasteiger partial charge in [-0.05, 0) is 91.7 Å². The molecule has 0 aromatic heterocycles. The predicted molar refractivity (Wildman–Crippen MR) is 216 cm³/mol. The fraction of sp³-hybridized carbons (Fsp3) is 0.422. The maximum atomic E-state index is 12.8. The first-order valence-corrected chi connectivity index (χ1v) is 20.0. The highest BCUT2D eigenvalue weighted by atomic mass is 16.7. The lowest BCUT2D eigenvalue weighted by atomic mass is 9.97. The van der Waals surface area contributed by atoms with Crippen molar-refractivity contribution < 1.29 is 24.2 Å². The lowest BCUT2D eigenvalue weighted by molar-refractivity contribution is -0.253. The highest BCUT2D eigenvalue weighted by molar-refractivity contribution is 5.94. The predicted octanol–water partition coefficient (Wildman–Crippen LogP) is 6.96. The Bertz CT molecular complexity index is 1860. The average Bonchev–Trinajstić information content (AvgIpc) is 3.90. The topological polar surface area (TPSA) is 129 Å². The summed E-state index contributed by atoms with van der Waals surface area (Å²) in [5, 5.41) is 15.5. The van der Waals surface area contributed by atoms with Gasteiger partial charge in [0.1, 0.15) is 0 Å². The van der Waals surface area contributed by atoms with Crippen LogP contribution in [0.15, 0.2) is 97.1 Å². The number of aliphatic hydroxyl groups is 1. The van der Waals surface area contributed by atoms with Gasteiger partial charge in [-0.15, -0.1) is 0 Å². The summed E-state index contributed by atoms with van der Waals surface area (Å²) in [6, 6.07) is 32.2. The van der Waals surface area contributed by atoms with Crippen LogP contribution in [0.25, 0.3) is 11.1 Å². The number of carbonyl (C=O) groups excluding carboxylic acids is 2. The number of anilines is 2. The minimum atomic E-state index is -0.517. The van der Waals surface area contributed by atoms with E-state index in [4.69, 9.17) is 15.2 Å². The number of aliphatic hydroxyl groups excluding tert-OH is 1. The molecule has 4 aromatic carbocycles. The third kappa shape index (κ3) is 10.4. The molecule has 3 aliphatic heterocycles. The molecule has 290 valence electrons. The molecule has 0 saturated carbocycles. The fourth-order valence-electron chi connectivity index (χ4n) is 8.19. The molecule has 5 N–H and O–H groups in total. The van der Waals surface area contributed by atoms with Crippen molar-refractivity contribution in [2.24, 2.45) is 0 Å². The average molecular weight is 746 g/mol. The molecule has 3 fully saturated rings. The number of benzene rings is 4. The molecular formula is C45H55N5O5. The molecule has 3 saturated heterocycles. The van der Waals surface area contributed by atoms with Crippen LogP contribution in [0.2, 0.25) is 0 Å². The number of nitrogens with one attached hydrogen (secondary N) is 2. The first-order chi connectivity index (χ1) is 26.9. The summed E-state index contributed by atoms with van der Waals surface area (Å²) < 4.78 is 13.5. The van der Waals surface area contributed by atoms with Crippen LogP contribution in [0.1, 0.15) is 86.0 Å². The number of nitrogens with zero attached hydrogens (tertiary/aromatic N) is 2. The van der Waals surface area contributed by atoms with Crippen molar-refractivity contribution in [3.63, 3.8) is 0 Å². The van der Waals surface area contributed by atoms with Crippen molar-refractivity contribution in [1.29, 1.82) is 0 Å². The molecule has 3 aliphatic rings. The Morgan fingerprint density at radius 1 is 0.782 bits per heavy atom. The molecule has 7 rings (SSSR count). The van der Waals surface area contributed by atoms with Crippen LogP contribution in [0.4, 0.5) is 11.4 Å². The van der Waals surface area contributed by atoms with E-state index in [9.17, 15) is 14.7 Å². The number of ether oxygens (including phenoxy) is 2. The van der Waals surface area contributed by atoms with Crippen LogP contribution < -0.4 is 16.4 Å². The first kappa shape index (κ1) is 38.7. The van der Waals surface area contributed by atoms with Crippen molar-refractivity contribution in [3.8, 4) is 11.1 Å². The molecule has 3 heterocycles. The number of hydrogen-bond donors (Lipinski definition) is 4. The molecule has 0 bridgehead atoms. The maximum absolute atomic E-state index is 12.8. The Balaban J connectivity index is 0.977. The summed E-state index contributed by atoms with van der Waals surface area (Å²) >= 11 is 0. The summed E-state index contributed by atoms with van der Waals surface area (Å²) in [6.45, 7) is 5.97. The molecule has 4 atom stereocenters. The lowest BCUT2D eigenvalue weighted by Crippen LogP contribution is -2.45. The van der Waals surface area contributed by atoms with E-state index in [0.717, 1.165) is 59.4 Å². The van der Waals surface area contributed by atoms with E-state index in [0.29, 0.717) is 30.4 Å². The zero-order valence-electron chi connectivity index (χ0n) is 31.7. The highest BCUT2D eigenvalue weighted by Gasteiger charge is 2.36. The standard InChI is InChI=1S/C45H55N5O5/c46-40-12-3-4-13-41(40)48-44(53)15-7-14-43(52)47-28-36-9-1-2-11-39(36)33-20-22-35(23-21-33)45-54-38(27-42(55-45)34-18-16-32(31-51)17-19-34)30-50-26-8-10-37(50)29-49-24-5-6-25-49/h1-4,9,11-13,16-23,37-38,42,45,51H,5-8,10,14-15,24-31,46H2,(H,47,52)(H,48,53)/t37-,38-,42+,45+/m0/s1. The Labute approximate surface area is 325 Å². The Morgan fingerprint density at radius 2 is 1.51 bits per heavy atom.